The van der Waals surface area contributed by atoms with Crippen molar-refractivity contribution < 1.29 is 94.5 Å². The number of carboxylic acids is 1. The Balaban J connectivity index is 0. The van der Waals surface area contributed by atoms with E-state index in [2.05, 4.69) is 0 Å². The van der Waals surface area contributed by atoms with Gasteiger partial charge in [-0.05, 0) is 11.4 Å². The maximum atomic E-state index is 11.5. The summed E-state index contributed by atoms with van der Waals surface area (Å²) in [6.07, 6.45) is -7.00. The first-order valence-corrected chi connectivity index (χ1v) is 8.92. The van der Waals surface area contributed by atoms with Crippen LogP contribution in [0.25, 0.3) is 0 Å². The molecule has 0 aliphatic carbocycles. The van der Waals surface area contributed by atoms with Gasteiger partial charge in [0.15, 0.2) is 0 Å². The minimum atomic E-state index is -1.85. The topological polar surface area (TPSA) is 145 Å². The van der Waals surface area contributed by atoms with Crippen LogP contribution in [0.3, 0.4) is 0 Å². The van der Waals surface area contributed by atoms with Gasteiger partial charge in [0.05, 0.1) is 24.7 Å². The fourth-order valence-electron chi connectivity index (χ4n) is 2.14. The quantitative estimate of drug-likeness (QED) is 0.131. The summed E-state index contributed by atoms with van der Waals surface area (Å²) >= 11 is 11.1. The number of carbonyl (C=O) groups excluding carboxylic acids is 1. The number of carboxylic acid groups (broad SMARTS) is 1. The molecule has 0 fully saturated rings. The van der Waals surface area contributed by atoms with Crippen LogP contribution in [-0.4, -0.2) is 84.3 Å². The van der Waals surface area contributed by atoms with Crippen molar-refractivity contribution in [3.05, 3.63) is 22.4 Å². The molecule has 5 atom stereocenters. The first kappa shape index (κ1) is 30.3. The molecule has 0 saturated carbocycles. The van der Waals surface area contributed by atoms with Crippen LogP contribution in [0.2, 0.25) is 0 Å². The first-order valence-electron chi connectivity index (χ1n) is 7.23. The number of hydrogen-bond donors (Lipinski definition) is 5. The van der Waals surface area contributed by atoms with E-state index in [1.165, 1.54) is 11.3 Å². The van der Waals surface area contributed by atoms with Crippen LogP contribution in [-0.2, 0) is 23.8 Å². The van der Waals surface area contributed by atoms with Gasteiger partial charge in [0, 0.05) is 17.8 Å². The van der Waals surface area contributed by atoms with E-state index in [1.54, 1.807) is 17.5 Å². The van der Waals surface area contributed by atoms with E-state index in [9.17, 15) is 30.3 Å². The Morgan fingerprint density at radius 3 is 2.19 bits per heavy atom. The molecule has 13 heteroatoms. The second-order valence-electron chi connectivity index (χ2n) is 5.34. The van der Waals surface area contributed by atoms with Crippen LogP contribution >= 0.6 is 23.6 Å². The van der Waals surface area contributed by atoms with E-state index >= 15 is 0 Å². The van der Waals surface area contributed by atoms with Gasteiger partial charge in [0.2, 0.25) is 0 Å². The zero-order valence-electron chi connectivity index (χ0n) is 15.0. The molecule has 1 rings (SSSR count). The fraction of sp³-hybridized carbons (Fsp3) is 0.571. The number of aliphatic carboxylic acids is 1. The molecule has 5 unspecified atom stereocenters. The summed E-state index contributed by atoms with van der Waals surface area (Å²) < 4.78 is -0.255. The number of thiocarbonyl (C=S) groups is 1. The number of carbonyl (C=O) groups is 1. The van der Waals surface area contributed by atoms with Crippen molar-refractivity contribution in [3.63, 3.8) is 0 Å². The molecule has 0 saturated heterocycles. The molecule has 0 aromatic carbocycles. The average Bonchev–Trinajstić information content (AvgIpc) is 3.08. The Morgan fingerprint density at radius 2 is 1.78 bits per heavy atom. The second-order valence-corrected chi connectivity index (χ2v) is 7.40. The molecule has 5 N–H and O–H groups in total. The van der Waals surface area contributed by atoms with Crippen molar-refractivity contribution >= 4 is 46.5 Å². The van der Waals surface area contributed by atoms with Crippen LogP contribution in [0, 0.1) is 0 Å². The molecule has 0 radical (unpaired) electrons. The first-order chi connectivity index (χ1) is 11.7. The number of nitrogens with zero attached hydrogens (tertiary/aromatic N) is 1. The van der Waals surface area contributed by atoms with Gasteiger partial charge in [-0.1, -0.05) is 10.4 Å². The standard InChI is InChI=1S/C14H21NO7S3.2Na/c16-6-10(18)12(20)11(19)9(17)5-15(14(23)24)8(13(21)22)4-7-2-1-3-25-7;;/h1-3,8-12,16-20H,4-6H2,(H,21,22)(H,23,24);;/q;2*+1/p-2. The fourth-order valence-corrected chi connectivity index (χ4v) is 3.29. The number of aliphatic hydroxyl groups excluding tert-OH is 5. The molecule has 27 heavy (non-hydrogen) atoms. The van der Waals surface area contributed by atoms with Crippen molar-refractivity contribution in [1.29, 1.82) is 0 Å². The molecule has 0 spiro atoms. The van der Waals surface area contributed by atoms with Gasteiger partial charge in [-0.2, -0.15) is 0 Å². The predicted molar refractivity (Wildman–Crippen MR) is 94.6 cm³/mol. The normalized spacial score (nSPS) is 16.0. The van der Waals surface area contributed by atoms with Crippen molar-refractivity contribution in [2.24, 2.45) is 0 Å². The third kappa shape index (κ3) is 9.62. The van der Waals surface area contributed by atoms with Crippen LogP contribution in [0.1, 0.15) is 4.88 Å². The number of hydrogen-bond acceptors (Lipinski definition) is 10. The Bertz CT molecular complexity index is 567. The molecule has 1 aromatic rings. The second kappa shape index (κ2) is 15.0. The molecule has 0 bridgehead atoms. The Morgan fingerprint density at radius 1 is 1.22 bits per heavy atom. The number of thiophene rings is 1. The Hall–Kier alpha value is 1.08. The van der Waals surface area contributed by atoms with Crippen molar-refractivity contribution in [1.82, 2.24) is 4.90 Å². The molecular formula is C14H19NNa2O7S3. The summed E-state index contributed by atoms with van der Waals surface area (Å²) in [6.45, 7) is -1.32. The summed E-state index contributed by atoms with van der Waals surface area (Å²) in [5.74, 6) is -1.46. The minimum absolute atomic E-state index is 0. The Kier molecular flexibility index (Phi) is 16.8. The largest absolute Gasteiger partial charge is 1.00 e. The van der Waals surface area contributed by atoms with Crippen molar-refractivity contribution in [2.75, 3.05) is 13.2 Å². The van der Waals surface area contributed by atoms with E-state index in [4.69, 9.17) is 30.0 Å². The monoisotopic (exact) mass is 455 g/mol. The third-order valence-electron chi connectivity index (χ3n) is 3.57. The number of aliphatic hydroxyl groups is 5. The van der Waals surface area contributed by atoms with E-state index < -0.39 is 49.6 Å². The van der Waals surface area contributed by atoms with Crippen LogP contribution in [0.15, 0.2) is 17.5 Å². The maximum absolute atomic E-state index is 11.5. The molecular weight excluding hydrogens is 436 g/mol. The van der Waals surface area contributed by atoms with E-state index in [0.717, 1.165) is 9.78 Å². The number of rotatable bonds is 10. The van der Waals surface area contributed by atoms with Gasteiger partial charge in [-0.15, -0.1) is 11.3 Å². The van der Waals surface area contributed by atoms with Gasteiger partial charge in [-0.25, -0.2) is 0 Å². The van der Waals surface area contributed by atoms with Crippen LogP contribution in [0.4, 0.5) is 0 Å². The van der Waals surface area contributed by atoms with Gasteiger partial charge >= 0.3 is 59.1 Å². The summed E-state index contributed by atoms with van der Waals surface area (Å²) in [5, 5.41) is 60.9. The third-order valence-corrected chi connectivity index (χ3v) is 4.93. The molecule has 142 valence electrons. The van der Waals surface area contributed by atoms with Crippen LogP contribution < -0.4 is 64.2 Å². The average molecular weight is 455 g/mol. The summed E-state index contributed by atoms with van der Waals surface area (Å²) in [6, 6.07) is 2.19. The zero-order valence-corrected chi connectivity index (χ0v) is 21.4. The van der Waals surface area contributed by atoms with Gasteiger partial charge in [-0.3, -0.25) is 0 Å². The summed E-state index contributed by atoms with van der Waals surface area (Å²) in [5.41, 5.74) is 0. The minimum Gasteiger partial charge on any atom is -0.548 e. The molecule has 1 heterocycles. The van der Waals surface area contributed by atoms with Crippen molar-refractivity contribution in [3.8, 4) is 0 Å². The molecule has 0 amide bonds. The predicted octanol–water partition coefficient (Wildman–Crippen LogP) is -9.01. The zero-order chi connectivity index (χ0) is 19.1. The van der Waals surface area contributed by atoms with E-state index in [0.29, 0.717) is 0 Å². The summed E-state index contributed by atoms with van der Waals surface area (Å²) in [4.78, 5) is 13.2. The van der Waals surface area contributed by atoms with Gasteiger partial charge in [0.25, 0.3) is 0 Å². The van der Waals surface area contributed by atoms with Gasteiger partial charge < -0.3 is 65.2 Å². The maximum Gasteiger partial charge on any atom is 1.00 e. The van der Waals surface area contributed by atoms with E-state index in [1.807, 2.05) is 0 Å². The van der Waals surface area contributed by atoms with Crippen molar-refractivity contribution in [2.45, 2.75) is 36.9 Å². The van der Waals surface area contributed by atoms with Gasteiger partial charge in [0.1, 0.15) is 18.3 Å². The van der Waals surface area contributed by atoms with E-state index in [-0.39, 0.29) is 69.9 Å². The molecule has 1 aromatic heterocycles. The summed E-state index contributed by atoms with van der Waals surface area (Å²) in [7, 11) is 0. The SMILES string of the molecule is O=C([O-])C(Cc1cccs1)N(CC(O)C(O)C(O)C(O)CO)C(=S)[S-].[Na+].[Na+]. The van der Waals surface area contributed by atoms with Crippen LogP contribution in [0.5, 0.6) is 0 Å². The molecule has 0 aliphatic rings. The smallest absolute Gasteiger partial charge is 0.548 e. The Labute approximate surface area is 216 Å². The molecule has 8 nitrogen and oxygen atoms in total. The molecule has 0 aliphatic heterocycles.